The number of aromatic nitrogens is 1. The maximum Gasteiger partial charge on any atom is 0.0772 e. The van der Waals surface area contributed by atoms with Crippen LogP contribution in [0.15, 0.2) is 48.7 Å². The molecule has 0 bridgehead atoms. The fourth-order valence-corrected chi connectivity index (χ4v) is 1.92. The van der Waals surface area contributed by atoms with Crippen LogP contribution < -0.4 is 5.73 Å². The lowest BCUT2D eigenvalue weighted by Gasteiger charge is -2.20. The van der Waals surface area contributed by atoms with Gasteiger partial charge in [-0.05, 0) is 24.2 Å². The van der Waals surface area contributed by atoms with Crippen LogP contribution in [-0.4, -0.2) is 16.4 Å². The van der Waals surface area contributed by atoms with Crippen molar-refractivity contribution in [3.05, 3.63) is 59.9 Å². The summed E-state index contributed by atoms with van der Waals surface area (Å²) in [5.74, 6) is 0. The molecule has 3 nitrogen and oxygen atoms in total. The highest BCUT2D eigenvalue weighted by Crippen LogP contribution is 2.12. The molecule has 0 fully saturated rings. The summed E-state index contributed by atoms with van der Waals surface area (Å²) in [5, 5.41) is 0. The van der Waals surface area contributed by atoms with Crippen molar-refractivity contribution in [3.8, 4) is 0 Å². The van der Waals surface area contributed by atoms with Crippen molar-refractivity contribution in [1.82, 2.24) is 9.88 Å². The van der Waals surface area contributed by atoms with E-state index < -0.39 is 0 Å². The predicted molar refractivity (Wildman–Crippen MR) is 74.9 cm³/mol. The molecule has 2 aromatic rings. The summed E-state index contributed by atoms with van der Waals surface area (Å²) >= 11 is 0. The summed E-state index contributed by atoms with van der Waals surface area (Å²) in [4.78, 5) is 6.67. The minimum absolute atomic E-state index is 0.768. The van der Waals surface area contributed by atoms with E-state index in [4.69, 9.17) is 5.73 Å². The monoisotopic (exact) mass is 241 g/mol. The van der Waals surface area contributed by atoms with E-state index in [1.54, 1.807) is 6.20 Å². The zero-order chi connectivity index (χ0) is 12.8. The number of rotatable bonds is 5. The normalized spacial score (nSPS) is 10.8. The minimum atomic E-state index is 0.768. The van der Waals surface area contributed by atoms with Gasteiger partial charge in [-0.25, -0.2) is 0 Å². The maximum atomic E-state index is 5.93. The van der Waals surface area contributed by atoms with E-state index in [9.17, 15) is 0 Å². The van der Waals surface area contributed by atoms with Crippen LogP contribution in [-0.2, 0) is 13.1 Å². The van der Waals surface area contributed by atoms with Gasteiger partial charge in [0.05, 0.1) is 11.4 Å². The molecule has 18 heavy (non-hydrogen) atoms. The SMILES string of the molecule is CCN(Cc1ccccc1)Cc1ncccc1N. The Hall–Kier alpha value is -1.87. The highest BCUT2D eigenvalue weighted by molar-refractivity contribution is 5.41. The molecule has 1 heterocycles. The standard InChI is InChI=1S/C15H19N3/c1-2-18(11-13-7-4-3-5-8-13)12-15-14(16)9-6-10-17-15/h3-10H,2,11-12,16H2,1H3. The molecule has 0 saturated heterocycles. The Labute approximate surface area is 108 Å². The van der Waals surface area contributed by atoms with Gasteiger partial charge >= 0.3 is 0 Å². The first-order valence-electron chi connectivity index (χ1n) is 6.25. The Morgan fingerprint density at radius 3 is 2.50 bits per heavy atom. The van der Waals surface area contributed by atoms with Gasteiger partial charge in [0.2, 0.25) is 0 Å². The Morgan fingerprint density at radius 1 is 1.06 bits per heavy atom. The van der Waals surface area contributed by atoms with Crippen LogP contribution >= 0.6 is 0 Å². The van der Waals surface area contributed by atoms with E-state index in [-0.39, 0.29) is 0 Å². The van der Waals surface area contributed by atoms with Gasteiger partial charge in [-0.2, -0.15) is 0 Å². The average Bonchev–Trinajstić information content (AvgIpc) is 2.41. The van der Waals surface area contributed by atoms with E-state index in [1.165, 1.54) is 5.56 Å². The van der Waals surface area contributed by atoms with Gasteiger partial charge in [0, 0.05) is 19.3 Å². The molecule has 0 radical (unpaired) electrons. The molecule has 0 amide bonds. The Bertz CT molecular complexity index is 482. The van der Waals surface area contributed by atoms with Crippen LogP contribution in [0.4, 0.5) is 5.69 Å². The molecule has 0 saturated carbocycles. The van der Waals surface area contributed by atoms with E-state index in [1.807, 2.05) is 18.2 Å². The molecule has 1 aromatic heterocycles. The van der Waals surface area contributed by atoms with Gasteiger partial charge in [0.15, 0.2) is 0 Å². The lowest BCUT2D eigenvalue weighted by molar-refractivity contribution is 0.268. The number of hydrogen-bond acceptors (Lipinski definition) is 3. The van der Waals surface area contributed by atoms with Crippen molar-refractivity contribution in [3.63, 3.8) is 0 Å². The first-order valence-corrected chi connectivity index (χ1v) is 6.25. The zero-order valence-electron chi connectivity index (χ0n) is 10.7. The second kappa shape index (κ2) is 6.17. The van der Waals surface area contributed by atoms with E-state index in [0.29, 0.717) is 0 Å². The largest absolute Gasteiger partial charge is 0.397 e. The highest BCUT2D eigenvalue weighted by Gasteiger charge is 2.07. The molecule has 0 unspecified atom stereocenters. The molecule has 2 rings (SSSR count). The zero-order valence-corrected chi connectivity index (χ0v) is 10.7. The Kier molecular flexibility index (Phi) is 4.31. The first kappa shape index (κ1) is 12.6. The van der Waals surface area contributed by atoms with Crippen LogP contribution in [0.1, 0.15) is 18.2 Å². The predicted octanol–water partition coefficient (Wildman–Crippen LogP) is 2.69. The molecular weight excluding hydrogens is 222 g/mol. The molecule has 2 N–H and O–H groups in total. The number of hydrogen-bond donors (Lipinski definition) is 1. The number of pyridine rings is 1. The third kappa shape index (κ3) is 3.31. The van der Waals surface area contributed by atoms with Crippen molar-refractivity contribution in [1.29, 1.82) is 0 Å². The number of nitrogens with two attached hydrogens (primary N) is 1. The lowest BCUT2D eigenvalue weighted by Crippen LogP contribution is -2.23. The molecule has 0 aliphatic heterocycles. The Morgan fingerprint density at radius 2 is 1.83 bits per heavy atom. The number of nitrogens with zero attached hydrogens (tertiary/aromatic N) is 2. The van der Waals surface area contributed by atoms with E-state index in [2.05, 4.69) is 41.1 Å². The second-order valence-corrected chi connectivity index (χ2v) is 4.33. The third-order valence-corrected chi connectivity index (χ3v) is 3.00. The second-order valence-electron chi connectivity index (χ2n) is 4.33. The fourth-order valence-electron chi connectivity index (χ4n) is 1.92. The summed E-state index contributed by atoms with van der Waals surface area (Å²) in [6.07, 6.45) is 1.79. The smallest absolute Gasteiger partial charge is 0.0772 e. The molecule has 0 spiro atoms. The van der Waals surface area contributed by atoms with Crippen molar-refractivity contribution in [2.24, 2.45) is 0 Å². The molecule has 94 valence electrons. The van der Waals surface area contributed by atoms with Crippen LogP contribution in [0.25, 0.3) is 0 Å². The number of anilines is 1. The third-order valence-electron chi connectivity index (χ3n) is 3.00. The van der Waals surface area contributed by atoms with Gasteiger partial charge in [-0.3, -0.25) is 9.88 Å². The molecule has 0 aliphatic carbocycles. The van der Waals surface area contributed by atoms with Crippen molar-refractivity contribution >= 4 is 5.69 Å². The van der Waals surface area contributed by atoms with Gasteiger partial charge in [-0.1, -0.05) is 37.3 Å². The molecular formula is C15H19N3. The maximum absolute atomic E-state index is 5.93. The molecule has 1 aromatic carbocycles. The summed E-state index contributed by atoms with van der Waals surface area (Å²) in [6.45, 7) is 4.85. The van der Waals surface area contributed by atoms with Gasteiger partial charge in [0.25, 0.3) is 0 Å². The van der Waals surface area contributed by atoms with Crippen LogP contribution in [0.5, 0.6) is 0 Å². The van der Waals surface area contributed by atoms with Gasteiger partial charge < -0.3 is 5.73 Å². The summed E-state index contributed by atoms with van der Waals surface area (Å²) in [7, 11) is 0. The molecule has 0 atom stereocenters. The van der Waals surface area contributed by atoms with Crippen LogP contribution in [0.3, 0.4) is 0 Å². The summed E-state index contributed by atoms with van der Waals surface area (Å²) in [6, 6.07) is 14.2. The number of benzene rings is 1. The van der Waals surface area contributed by atoms with Crippen LogP contribution in [0.2, 0.25) is 0 Å². The molecule has 0 aliphatic rings. The van der Waals surface area contributed by atoms with E-state index >= 15 is 0 Å². The highest BCUT2D eigenvalue weighted by atomic mass is 15.1. The summed E-state index contributed by atoms with van der Waals surface area (Å²) < 4.78 is 0. The average molecular weight is 241 g/mol. The summed E-state index contributed by atoms with van der Waals surface area (Å²) in [5.41, 5.74) is 8.96. The van der Waals surface area contributed by atoms with Gasteiger partial charge in [-0.15, -0.1) is 0 Å². The van der Waals surface area contributed by atoms with E-state index in [0.717, 1.165) is 31.0 Å². The van der Waals surface area contributed by atoms with Crippen molar-refractivity contribution < 1.29 is 0 Å². The van der Waals surface area contributed by atoms with Gasteiger partial charge in [0.1, 0.15) is 0 Å². The van der Waals surface area contributed by atoms with Crippen molar-refractivity contribution in [2.45, 2.75) is 20.0 Å². The first-order chi connectivity index (χ1) is 8.79. The molecule has 3 heteroatoms. The number of nitrogen functional groups attached to an aromatic ring is 1. The Balaban J connectivity index is 2.04. The van der Waals surface area contributed by atoms with Crippen molar-refractivity contribution in [2.75, 3.05) is 12.3 Å². The lowest BCUT2D eigenvalue weighted by atomic mass is 10.2. The quantitative estimate of drug-likeness (QED) is 0.875. The fraction of sp³-hybridized carbons (Fsp3) is 0.267. The minimum Gasteiger partial charge on any atom is -0.397 e. The topological polar surface area (TPSA) is 42.2 Å². The van der Waals surface area contributed by atoms with Crippen LogP contribution in [0, 0.1) is 0 Å².